The van der Waals surface area contributed by atoms with Crippen molar-refractivity contribution in [1.82, 2.24) is 0 Å². The zero-order valence-corrected chi connectivity index (χ0v) is 9.60. The first kappa shape index (κ1) is 12.8. The third kappa shape index (κ3) is 3.08. The maximum atomic E-state index is 11.5. The van der Waals surface area contributed by atoms with Gasteiger partial charge in [0.25, 0.3) is 0 Å². The third-order valence-electron chi connectivity index (χ3n) is 2.47. The van der Waals surface area contributed by atoms with Gasteiger partial charge in [-0.25, -0.2) is 0 Å². The lowest BCUT2D eigenvalue weighted by atomic mass is 10.1. The highest BCUT2D eigenvalue weighted by Crippen LogP contribution is 2.30. The molecule has 1 aliphatic carbocycles. The fourth-order valence-electron chi connectivity index (χ4n) is 1.23. The second kappa shape index (κ2) is 5.16. The van der Waals surface area contributed by atoms with Crippen molar-refractivity contribution in [3.05, 3.63) is 23.0 Å². The molecular weight excluding hydrogens is 218 g/mol. The van der Waals surface area contributed by atoms with Crippen LogP contribution < -0.4 is 17.2 Å². The Hall–Kier alpha value is -2.29. The number of nitriles is 1. The highest BCUT2D eigenvalue weighted by atomic mass is 16.1. The van der Waals surface area contributed by atoms with Crippen LogP contribution in [0.3, 0.4) is 0 Å². The Kier molecular flexibility index (Phi) is 3.88. The number of nitrogens with two attached hydrogens (primary N) is 3. The molecule has 0 spiro atoms. The van der Waals surface area contributed by atoms with Gasteiger partial charge in [0, 0.05) is 19.0 Å². The topological polar surface area (TPSA) is 131 Å². The molecule has 0 bridgehead atoms. The summed E-state index contributed by atoms with van der Waals surface area (Å²) in [5, 5.41) is 8.89. The summed E-state index contributed by atoms with van der Waals surface area (Å²) in [6, 6.07) is 1.82. The lowest BCUT2D eigenvalue weighted by Crippen LogP contribution is -2.22. The van der Waals surface area contributed by atoms with Crippen molar-refractivity contribution in [1.29, 1.82) is 5.26 Å². The van der Waals surface area contributed by atoms with Crippen molar-refractivity contribution in [3.8, 4) is 6.07 Å². The Balaban J connectivity index is 3.00. The zero-order chi connectivity index (χ0) is 13.0. The molecule has 6 N–H and O–H groups in total. The smallest absolute Gasteiger partial charge is 0.160 e. The Morgan fingerprint density at radius 2 is 2.00 bits per heavy atom. The van der Waals surface area contributed by atoms with E-state index in [1.807, 2.05) is 6.07 Å². The number of hydrogen-bond acceptors (Lipinski definition) is 5. The van der Waals surface area contributed by atoms with E-state index in [1.54, 1.807) is 0 Å². The van der Waals surface area contributed by atoms with Crippen molar-refractivity contribution in [2.45, 2.75) is 12.8 Å². The molecule has 0 aromatic heterocycles. The first-order valence-corrected chi connectivity index (χ1v) is 5.15. The van der Waals surface area contributed by atoms with Gasteiger partial charge in [-0.2, -0.15) is 5.26 Å². The molecule has 0 aliphatic heterocycles. The molecule has 1 fully saturated rings. The number of allylic oxidation sites excluding steroid dienone is 1. The SMILES string of the molecule is CN=C(N)/C(C#N)=C(N)/C(N)=C/C(=O)C1CC1. The summed E-state index contributed by atoms with van der Waals surface area (Å²) in [5.74, 6) is -0.000885. The van der Waals surface area contributed by atoms with Crippen LogP contribution in [0, 0.1) is 17.2 Å². The zero-order valence-electron chi connectivity index (χ0n) is 9.60. The quantitative estimate of drug-likeness (QED) is 0.198. The lowest BCUT2D eigenvalue weighted by Gasteiger charge is -2.05. The first-order chi connectivity index (χ1) is 8.01. The molecule has 1 rings (SSSR count). The van der Waals surface area contributed by atoms with Gasteiger partial charge in [-0.05, 0) is 12.8 Å². The molecule has 0 heterocycles. The third-order valence-corrected chi connectivity index (χ3v) is 2.47. The maximum Gasteiger partial charge on any atom is 0.160 e. The summed E-state index contributed by atoms with van der Waals surface area (Å²) in [5.41, 5.74) is 16.8. The number of aliphatic imine (C=N–C) groups is 1. The molecule has 0 atom stereocenters. The highest BCUT2D eigenvalue weighted by molar-refractivity contribution is 6.02. The molecule has 6 nitrogen and oxygen atoms in total. The Labute approximate surface area is 99.5 Å². The fourth-order valence-corrected chi connectivity index (χ4v) is 1.23. The molecule has 0 saturated heterocycles. The van der Waals surface area contributed by atoms with Crippen molar-refractivity contribution in [3.63, 3.8) is 0 Å². The van der Waals surface area contributed by atoms with Crippen LogP contribution in [0.4, 0.5) is 0 Å². The maximum absolute atomic E-state index is 11.5. The van der Waals surface area contributed by atoms with Gasteiger partial charge in [0.2, 0.25) is 0 Å². The standard InChI is InChI=1S/C11H15N5O/c1-16-11(15)7(5-12)10(14)8(13)4-9(17)6-2-3-6/h4,6H,2-3,13-14H2,1H3,(H2,15,16)/b8-4-,10-7-. The van der Waals surface area contributed by atoms with Gasteiger partial charge >= 0.3 is 0 Å². The van der Waals surface area contributed by atoms with E-state index < -0.39 is 0 Å². The molecule has 0 aromatic carbocycles. The highest BCUT2D eigenvalue weighted by Gasteiger charge is 2.28. The predicted octanol–water partition coefficient (Wildman–Crippen LogP) is -0.469. The van der Waals surface area contributed by atoms with Gasteiger partial charge in [0.05, 0.1) is 11.4 Å². The molecule has 0 radical (unpaired) electrons. The minimum Gasteiger partial charge on any atom is -0.397 e. The van der Waals surface area contributed by atoms with E-state index in [9.17, 15) is 4.79 Å². The molecule has 0 unspecified atom stereocenters. The summed E-state index contributed by atoms with van der Waals surface area (Å²) in [4.78, 5) is 15.1. The average Bonchev–Trinajstić information content (AvgIpc) is 3.13. The van der Waals surface area contributed by atoms with Gasteiger partial charge in [0.15, 0.2) is 5.78 Å². The van der Waals surface area contributed by atoms with Crippen LogP contribution in [0.25, 0.3) is 0 Å². The van der Waals surface area contributed by atoms with Crippen LogP contribution in [-0.4, -0.2) is 18.7 Å². The van der Waals surface area contributed by atoms with E-state index in [1.165, 1.54) is 13.1 Å². The molecule has 1 aliphatic rings. The summed E-state index contributed by atoms with van der Waals surface area (Å²) in [6.07, 6.45) is 3.03. The summed E-state index contributed by atoms with van der Waals surface area (Å²) < 4.78 is 0. The second-order valence-corrected chi connectivity index (χ2v) is 3.79. The summed E-state index contributed by atoms with van der Waals surface area (Å²) >= 11 is 0. The van der Waals surface area contributed by atoms with Crippen LogP contribution >= 0.6 is 0 Å². The number of amidine groups is 1. The van der Waals surface area contributed by atoms with Crippen LogP contribution in [-0.2, 0) is 4.79 Å². The Bertz CT molecular complexity index is 463. The van der Waals surface area contributed by atoms with Crippen molar-refractivity contribution in [2.75, 3.05) is 7.05 Å². The van der Waals surface area contributed by atoms with Crippen LogP contribution in [0.5, 0.6) is 0 Å². The van der Waals surface area contributed by atoms with Gasteiger partial charge in [0.1, 0.15) is 17.5 Å². The Morgan fingerprint density at radius 3 is 2.41 bits per heavy atom. The number of hydrogen-bond donors (Lipinski definition) is 3. The molecule has 17 heavy (non-hydrogen) atoms. The van der Waals surface area contributed by atoms with E-state index in [-0.39, 0.29) is 34.5 Å². The Morgan fingerprint density at radius 1 is 1.41 bits per heavy atom. The second-order valence-electron chi connectivity index (χ2n) is 3.79. The van der Waals surface area contributed by atoms with E-state index >= 15 is 0 Å². The van der Waals surface area contributed by atoms with Crippen LogP contribution in [0.1, 0.15) is 12.8 Å². The van der Waals surface area contributed by atoms with Crippen molar-refractivity contribution in [2.24, 2.45) is 28.1 Å². The average molecular weight is 233 g/mol. The van der Waals surface area contributed by atoms with E-state index in [4.69, 9.17) is 22.5 Å². The lowest BCUT2D eigenvalue weighted by molar-refractivity contribution is -0.115. The van der Waals surface area contributed by atoms with Gasteiger partial charge in [-0.3, -0.25) is 9.79 Å². The van der Waals surface area contributed by atoms with E-state index in [0.29, 0.717) is 0 Å². The molecule has 0 amide bonds. The number of carbonyl (C=O) groups is 1. The van der Waals surface area contributed by atoms with Crippen LogP contribution in [0.15, 0.2) is 28.0 Å². The number of rotatable bonds is 4. The van der Waals surface area contributed by atoms with Gasteiger partial charge in [-0.1, -0.05) is 0 Å². The number of nitrogens with zero attached hydrogens (tertiary/aromatic N) is 2. The van der Waals surface area contributed by atoms with Crippen molar-refractivity contribution >= 4 is 11.6 Å². The number of carbonyl (C=O) groups excluding carboxylic acids is 1. The molecule has 0 aromatic rings. The minimum absolute atomic E-state index is 0.000205. The largest absolute Gasteiger partial charge is 0.397 e. The normalized spacial score (nSPS) is 18.4. The monoisotopic (exact) mass is 233 g/mol. The molecular formula is C11H15N5O. The van der Waals surface area contributed by atoms with E-state index in [0.717, 1.165) is 12.8 Å². The van der Waals surface area contributed by atoms with E-state index in [2.05, 4.69) is 4.99 Å². The van der Waals surface area contributed by atoms with Crippen LogP contribution in [0.2, 0.25) is 0 Å². The molecule has 90 valence electrons. The molecule has 6 heteroatoms. The van der Waals surface area contributed by atoms with Gasteiger partial charge in [-0.15, -0.1) is 0 Å². The fraction of sp³-hybridized carbons (Fsp3) is 0.364. The van der Waals surface area contributed by atoms with Gasteiger partial charge < -0.3 is 17.2 Å². The minimum atomic E-state index is -0.0604. The predicted molar refractivity (Wildman–Crippen MR) is 64.4 cm³/mol. The number of ketones is 1. The first-order valence-electron chi connectivity index (χ1n) is 5.15. The summed E-state index contributed by atoms with van der Waals surface area (Å²) in [6.45, 7) is 0. The molecule has 1 saturated carbocycles. The summed E-state index contributed by atoms with van der Waals surface area (Å²) in [7, 11) is 1.44. The van der Waals surface area contributed by atoms with Crippen molar-refractivity contribution < 1.29 is 4.79 Å².